The molecule has 2 aliphatic heterocycles. The Kier molecular flexibility index (Phi) is 5.53. The molecule has 0 radical (unpaired) electrons. The van der Waals surface area contributed by atoms with Crippen LogP contribution in [0.15, 0.2) is 41.4 Å². The molecular formula is C22H29N3O3S. The normalized spacial score (nSPS) is 20.9. The molecule has 6 nitrogen and oxygen atoms in total. The van der Waals surface area contributed by atoms with Crippen molar-refractivity contribution in [3.8, 4) is 0 Å². The third-order valence-corrected chi connectivity index (χ3v) is 8.09. The van der Waals surface area contributed by atoms with Crippen LogP contribution in [0.1, 0.15) is 56.3 Å². The SMILES string of the molecule is CC(=O)N1CCCc2cc(S(=O)(=O)N3CCCCC[C@@H]3c3cccn3C)ccc21. The largest absolute Gasteiger partial charge is 0.353 e. The van der Waals surface area contributed by atoms with Crippen LogP contribution in [0.4, 0.5) is 5.69 Å². The highest BCUT2D eigenvalue weighted by molar-refractivity contribution is 7.89. The van der Waals surface area contributed by atoms with Gasteiger partial charge in [0.15, 0.2) is 0 Å². The van der Waals surface area contributed by atoms with Crippen molar-refractivity contribution in [2.45, 2.75) is 56.4 Å². The van der Waals surface area contributed by atoms with Gasteiger partial charge in [0.2, 0.25) is 15.9 Å². The summed E-state index contributed by atoms with van der Waals surface area (Å²) in [5, 5.41) is 0. The van der Waals surface area contributed by atoms with E-state index < -0.39 is 10.0 Å². The van der Waals surface area contributed by atoms with Gasteiger partial charge >= 0.3 is 0 Å². The first-order chi connectivity index (χ1) is 13.9. The lowest BCUT2D eigenvalue weighted by atomic mass is 10.0. The molecule has 2 aromatic rings. The van der Waals surface area contributed by atoms with Gasteiger partial charge in [-0.15, -0.1) is 0 Å². The summed E-state index contributed by atoms with van der Waals surface area (Å²) in [6.45, 7) is 2.78. The van der Waals surface area contributed by atoms with Crippen LogP contribution in [0.5, 0.6) is 0 Å². The van der Waals surface area contributed by atoms with Gasteiger partial charge in [-0.25, -0.2) is 8.42 Å². The van der Waals surface area contributed by atoms with Crippen molar-refractivity contribution in [1.82, 2.24) is 8.87 Å². The number of sulfonamides is 1. The number of carbonyl (C=O) groups excluding carboxylic acids is 1. The number of nitrogens with zero attached hydrogens (tertiary/aromatic N) is 3. The Labute approximate surface area is 173 Å². The first-order valence-corrected chi connectivity index (χ1v) is 11.9. The second kappa shape index (κ2) is 7.95. The maximum absolute atomic E-state index is 13.7. The molecule has 0 bridgehead atoms. The van der Waals surface area contributed by atoms with E-state index in [-0.39, 0.29) is 11.9 Å². The monoisotopic (exact) mass is 415 g/mol. The van der Waals surface area contributed by atoms with E-state index in [0.717, 1.165) is 55.5 Å². The van der Waals surface area contributed by atoms with Crippen molar-refractivity contribution >= 4 is 21.6 Å². The van der Waals surface area contributed by atoms with E-state index in [4.69, 9.17) is 0 Å². The first kappa shape index (κ1) is 20.2. The van der Waals surface area contributed by atoms with Gasteiger partial charge in [0.1, 0.15) is 0 Å². The van der Waals surface area contributed by atoms with E-state index in [1.165, 1.54) is 0 Å². The number of anilines is 1. The topological polar surface area (TPSA) is 62.6 Å². The average Bonchev–Trinajstić information content (AvgIpc) is 2.98. The molecule has 1 atom stereocenters. The summed E-state index contributed by atoms with van der Waals surface area (Å²) in [7, 11) is -1.66. The molecule has 0 spiro atoms. The minimum atomic E-state index is -3.63. The number of benzene rings is 1. The smallest absolute Gasteiger partial charge is 0.243 e. The number of hydrogen-bond donors (Lipinski definition) is 0. The fourth-order valence-electron chi connectivity index (χ4n) is 4.68. The maximum atomic E-state index is 13.7. The van der Waals surface area contributed by atoms with Crippen LogP contribution in [0.25, 0.3) is 0 Å². The first-order valence-electron chi connectivity index (χ1n) is 10.4. The molecule has 1 saturated heterocycles. The lowest BCUT2D eigenvalue weighted by Gasteiger charge is -2.31. The molecule has 0 unspecified atom stereocenters. The molecule has 1 amide bonds. The number of amides is 1. The molecule has 1 aromatic carbocycles. The molecule has 4 rings (SSSR count). The van der Waals surface area contributed by atoms with E-state index >= 15 is 0 Å². The van der Waals surface area contributed by atoms with Gasteiger partial charge < -0.3 is 9.47 Å². The molecule has 29 heavy (non-hydrogen) atoms. The molecule has 3 heterocycles. The lowest BCUT2D eigenvalue weighted by molar-refractivity contribution is -0.116. The van der Waals surface area contributed by atoms with Crippen LogP contribution in [-0.2, 0) is 28.3 Å². The molecule has 0 aliphatic carbocycles. The van der Waals surface area contributed by atoms with Crippen LogP contribution < -0.4 is 4.90 Å². The van der Waals surface area contributed by atoms with E-state index in [2.05, 4.69) is 0 Å². The highest BCUT2D eigenvalue weighted by atomic mass is 32.2. The Bertz CT molecular complexity index is 1010. The van der Waals surface area contributed by atoms with Crippen molar-refractivity contribution in [1.29, 1.82) is 0 Å². The number of carbonyl (C=O) groups is 1. The standard InChI is InChI=1S/C22H29N3O3S/c1-17(26)24-14-6-8-18-16-19(11-12-20(18)24)29(27,28)25-15-5-3-4-9-22(25)21-10-7-13-23(21)2/h7,10-13,16,22H,3-6,8-9,14-15H2,1-2H3/t22-/m1/s1. The average molecular weight is 416 g/mol. The predicted molar refractivity (Wildman–Crippen MR) is 113 cm³/mol. The summed E-state index contributed by atoms with van der Waals surface area (Å²) in [6, 6.07) is 9.11. The van der Waals surface area contributed by atoms with Crippen molar-refractivity contribution < 1.29 is 13.2 Å². The molecule has 7 heteroatoms. The fraction of sp³-hybridized carbons (Fsp3) is 0.500. The zero-order valence-corrected chi connectivity index (χ0v) is 18.0. The molecule has 0 N–H and O–H groups in total. The second-order valence-corrected chi connectivity index (χ2v) is 9.98. The molecule has 1 aromatic heterocycles. The molecule has 0 saturated carbocycles. The van der Waals surface area contributed by atoms with Crippen molar-refractivity contribution in [2.24, 2.45) is 7.05 Å². The van der Waals surface area contributed by atoms with Gasteiger partial charge in [0.25, 0.3) is 0 Å². The van der Waals surface area contributed by atoms with Crippen molar-refractivity contribution in [2.75, 3.05) is 18.0 Å². The van der Waals surface area contributed by atoms with Crippen LogP contribution >= 0.6 is 0 Å². The van der Waals surface area contributed by atoms with Gasteiger partial charge in [0.05, 0.1) is 10.9 Å². The summed E-state index contributed by atoms with van der Waals surface area (Å²) in [5.41, 5.74) is 2.83. The summed E-state index contributed by atoms with van der Waals surface area (Å²) >= 11 is 0. The second-order valence-electron chi connectivity index (χ2n) is 8.09. The third kappa shape index (κ3) is 3.73. The van der Waals surface area contributed by atoms with Gasteiger partial charge in [-0.05, 0) is 61.6 Å². The van der Waals surface area contributed by atoms with Gasteiger partial charge in [0, 0.05) is 44.6 Å². The van der Waals surface area contributed by atoms with Crippen LogP contribution in [0, 0.1) is 0 Å². The van der Waals surface area contributed by atoms with Gasteiger partial charge in [-0.1, -0.05) is 12.8 Å². The number of fused-ring (bicyclic) bond motifs is 1. The van der Waals surface area contributed by atoms with Crippen molar-refractivity contribution in [3.05, 3.63) is 47.8 Å². The number of rotatable bonds is 3. The Hall–Kier alpha value is -2.12. The summed E-state index contributed by atoms with van der Waals surface area (Å²) < 4.78 is 31.1. The maximum Gasteiger partial charge on any atom is 0.243 e. The van der Waals surface area contributed by atoms with E-state index in [9.17, 15) is 13.2 Å². The summed E-state index contributed by atoms with van der Waals surface area (Å²) in [6.07, 6.45) is 7.41. The molecular weight excluding hydrogens is 386 g/mol. The number of aromatic nitrogens is 1. The molecule has 2 aliphatic rings. The number of hydrogen-bond acceptors (Lipinski definition) is 3. The lowest BCUT2D eigenvalue weighted by Crippen LogP contribution is -2.36. The van der Waals surface area contributed by atoms with E-state index in [1.807, 2.05) is 29.9 Å². The predicted octanol–water partition coefficient (Wildman–Crippen LogP) is 3.63. The zero-order valence-electron chi connectivity index (χ0n) is 17.2. The summed E-state index contributed by atoms with van der Waals surface area (Å²) in [4.78, 5) is 14.0. The Balaban J connectivity index is 1.73. The fourth-order valence-corrected chi connectivity index (χ4v) is 6.40. The third-order valence-electron chi connectivity index (χ3n) is 6.19. The Morgan fingerprint density at radius 3 is 2.62 bits per heavy atom. The molecule has 1 fully saturated rings. The minimum absolute atomic E-state index is 0.00199. The molecule has 156 valence electrons. The van der Waals surface area contributed by atoms with E-state index in [1.54, 1.807) is 34.3 Å². The Morgan fingerprint density at radius 1 is 1.07 bits per heavy atom. The zero-order chi connectivity index (χ0) is 20.6. The highest BCUT2D eigenvalue weighted by Gasteiger charge is 2.35. The van der Waals surface area contributed by atoms with Crippen LogP contribution in [-0.4, -0.2) is 36.3 Å². The Morgan fingerprint density at radius 2 is 1.90 bits per heavy atom. The van der Waals surface area contributed by atoms with Crippen LogP contribution in [0.2, 0.25) is 0 Å². The van der Waals surface area contributed by atoms with Gasteiger partial charge in [-0.2, -0.15) is 4.31 Å². The summed E-state index contributed by atoms with van der Waals surface area (Å²) in [5.74, 6) is -0.00199. The quantitative estimate of drug-likeness (QED) is 0.769. The van der Waals surface area contributed by atoms with E-state index in [0.29, 0.717) is 18.0 Å². The van der Waals surface area contributed by atoms with Gasteiger partial charge in [-0.3, -0.25) is 4.79 Å². The minimum Gasteiger partial charge on any atom is -0.353 e. The number of aryl methyl sites for hydroxylation is 2. The highest BCUT2D eigenvalue weighted by Crippen LogP contribution is 2.36. The van der Waals surface area contributed by atoms with Crippen molar-refractivity contribution in [3.63, 3.8) is 0 Å². The van der Waals surface area contributed by atoms with Crippen LogP contribution in [0.3, 0.4) is 0 Å².